The molecule has 2 rings (SSSR count). The minimum Gasteiger partial charge on any atom is -0.462 e. The Morgan fingerprint density at radius 1 is 1.30 bits per heavy atom. The molecule has 6 nitrogen and oxygen atoms in total. The van der Waals surface area contributed by atoms with Crippen LogP contribution >= 0.6 is 0 Å². The van der Waals surface area contributed by atoms with Crippen LogP contribution in [0.1, 0.15) is 49.4 Å². The first-order chi connectivity index (χ1) is 11.1. The molecule has 0 saturated carbocycles. The summed E-state index contributed by atoms with van der Waals surface area (Å²) in [6.07, 6.45) is 3.53. The van der Waals surface area contributed by atoms with Crippen LogP contribution in [0, 0.1) is 0 Å². The predicted octanol–water partition coefficient (Wildman–Crippen LogP) is 2.98. The van der Waals surface area contributed by atoms with Gasteiger partial charge in [-0.1, -0.05) is 13.3 Å². The number of benzene rings is 1. The van der Waals surface area contributed by atoms with E-state index in [0.717, 1.165) is 25.7 Å². The third-order valence-electron chi connectivity index (χ3n) is 3.83. The molecule has 1 saturated heterocycles. The van der Waals surface area contributed by atoms with Crippen molar-refractivity contribution in [3.8, 4) is 0 Å². The van der Waals surface area contributed by atoms with Crippen molar-refractivity contribution in [2.75, 3.05) is 18.5 Å². The van der Waals surface area contributed by atoms with Crippen molar-refractivity contribution in [2.45, 2.75) is 45.3 Å². The summed E-state index contributed by atoms with van der Waals surface area (Å²) in [5.74, 6) is -0.359. The molecule has 1 atom stereocenters. The summed E-state index contributed by atoms with van der Waals surface area (Å²) in [5, 5.41) is 12.6. The van der Waals surface area contributed by atoms with E-state index in [1.165, 1.54) is 4.90 Å². The van der Waals surface area contributed by atoms with Gasteiger partial charge in [0.1, 0.15) is 6.23 Å². The predicted molar refractivity (Wildman–Crippen MR) is 87.2 cm³/mol. The molecule has 1 aromatic rings. The fraction of sp³-hybridized carbons (Fsp3) is 0.529. The SMILES string of the molecule is CCCCOC(=O)c1ccc(NC(=O)N2CCCCC2O)cc1. The van der Waals surface area contributed by atoms with Crippen molar-refractivity contribution in [1.82, 2.24) is 4.90 Å². The number of aliphatic hydroxyl groups excluding tert-OH is 1. The van der Waals surface area contributed by atoms with E-state index in [0.29, 0.717) is 30.8 Å². The van der Waals surface area contributed by atoms with Gasteiger partial charge in [0.25, 0.3) is 0 Å². The summed E-state index contributed by atoms with van der Waals surface area (Å²) in [5.41, 5.74) is 1.04. The van der Waals surface area contributed by atoms with E-state index in [1.54, 1.807) is 24.3 Å². The summed E-state index contributed by atoms with van der Waals surface area (Å²) >= 11 is 0. The molecule has 0 spiro atoms. The average molecular weight is 320 g/mol. The quantitative estimate of drug-likeness (QED) is 0.646. The van der Waals surface area contributed by atoms with Crippen molar-refractivity contribution >= 4 is 17.7 Å². The molecule has 0 aromatic heterocycles. The average Bonchev–Trinajstić information content (AvgIpc) is 2.56. The molecule has 1 heterocycles. The van der Waals surface area contributed by atoms with Crippen molar-refractivity contribution in [3.05, 3.63) is 29.8 Å². The molecular weight excluding hydrogens is 296 g/mol. The van der Waals surface area contributed by atoms with E-state index >= 15 is 0 Å². The molecule has 126 valence electrons. The van der Waals surface area contributed by atoms with Gasteiger partial charge in [-0.3, -0.25) is 4.90 Å². The molecular formula is C17H24N2O4. The molecule has 1 aliphatic heterocycles. The summed E-state index contributed by atoms with van der Waals surface area (Å²) < 4.78 is 5.13. The lowest BCUT2D eigenvalue weighted by molar-refractivity contribution is 0.00858. The molecule has 6 heteroatoms. The zero-order chi connectivity index (χ0) is 16.7. The molecule has 23 heavy (non-hydrogen) atoms. The molecule has 1 aliphatic rings. The number of aliphatic hydroxyl groups is 1. The Balaban J connectivity index is 1.89. The van der Waals surface area contributed by atoms with E-state index in [2.05, 4.69) is 5.32 Å². The number of anilines is 1. The van der Waals surface area contributed by atoms with Gasteiger partial charge in [-0.2, -0.15) is 0 Å². The largest absolute Gasteiger partial charge is 0.462 e. The van der Waals surface area contributed by atoms with Crippen molar-refractivity contribution in [2.24, 2.45) is 0 Å². The normalized spacial score (nSPS) is 17.7. The maximum absolute atomic E-state index is 12.1. The standard InChI is InChI=1S/C17H24N2O4/c1-2-3-12-23-16(21)13-7-9-14(10-8-13)18-17(22)19-11-5-4-6-15(19)20/h7-10,15,20H,2-6,11-12H2,1H3,(H,18,22). The number of piperidine rings is 1. The van der Waals surface area contributed by atoms with Crippen LogP contribution < -0.4 is 5.32 Å². The molecule has 2 N–H and O–H groups in total. The first-order valence-electron chi connectivity index (χ1n) is 8.14. The Hall–Kier alpha value is -2.08. The second-order valence-electron chi connectivity index (χ2n) is 5.67. The third-order valence-corrected chi connectivity index (χ3v) is 3.83. The number of amides is 2. The van der Waals surface area contributed by atoms with Crippen molar-refractivity contribution < 1.29 is 19.4 Å². The van der Waals surface area contributed by atoms with Gasteiger partial charge in [0.2, 0.25) is 0 Å². The van der Waals surface area contributed by atoms with E-state index < -0.39 is 6.23 Å². The number of hydrogen-bond acceptors (Lipinski definition) is 4. The lowest BCUT2D eigenvalue weighted by Gasteiger charge is -2.31. The monoisotopic (exact) mass is 320 g/mol. The van der Waals surface area contributed by atoms with Gasteiger partial charge in [0.15, 0.2) is 0 Å². The number of unbranched alkanes of at least 4 members (excludes halogenated alkanes) is 1. The molecule has 0 bridgehead atoms. The van der Waals surface area contributed by atoms with Gasteiger partial charge in [-0.25, -0.2) is 9.59 Å². The number of ether oxygens (including phenoxy) is 1. The zero-order valence-corrected chi connectivity index (χ0v) is 13.5. The molecule has 1 fully saturated rings. The number of nitrogens with one attached hydrogen (secondary N) is 1. The Bertz CT molecular complexity index is 530. The maximum Gasteiger partial charge on any atom is 0.338 e. The number of urea groups is 1. The first-order valence-corrected chi connectivity index (χ1v) is 8.14. The highest BCUT2D eigenvalue weighted by atomic mass is 16.5. The number of carbonyl (C=O) groups is 2. The van der Waals surface area contributed by atoms with Gasteiger partial charge in [-0.05, 0) is 49.9 Å². The maximum atomic E-state index is 12.1. The lowest BCUT2D eigenvalue weighted by atomic mass is 10.1. The van der Waals surface area contributed by atoms with E-state index in [1.807, 2.05) is 6.92 Å². The summed E-state index contributed by atoms with van der Waals surface area (Å²) in [7, 11) is 0. The third kappa shape index (κ3) is 4.96. The van der Waals surface area contributed by atoms with Gasteiger partial charge in [0.05, 0.1) is 12.2 Å². The highest BCUT2D eigenvalue weighted by Gasteiger charge is 2.24. The Morgan fingerprint density at radius 3 is 2.70 bits per heavy atom. The molecule has 1 unspecified atom stereocenters. The number of carbonyl (C=O) groups excluding carboxylic acids is 2. The number of likely N-dealkylation sites (tertiary alicyclic amines) is 1. The molecule has 2 amide bonds. The van der Waals surface area contributed by atoms with Gasteiger partial charge < -0.3 is 15.2 Å². The van der Waals surface area contributed by atoms with Crippen LogP contribution in [-0.4, -0.2) is 41.4 Å². The molecule has 0 radical (unpaired) electrons. The fourth-order valence-electron chi connectivity index (χ4n) is 2.43. The van der Waals surface area contributed by atoms with Crippen LogP contribution in [0.4, 0.5) is 10.5 Å². The lowest BCUT2D eigenvalue weighted by Crippen LogP contribution is -2.45. The summed E-state index contributed by atoms with van der Waals surface area (Å²) in [4.78, 5) is 25.4. The second kappa shape index (κ2) is 8.53. The van der Waals surface area contributed by atoms with Crippen molar-refractivity contribution in [3.63, 3.8) is 0 Å². The van der Waals surface area contributed by atoms with Crippen LogP contribution in [0.25, 0.3) is 0 Å². The summed E-state index contributed by atoms with van der Waals surface area (Å²) in [6.45, 7) is 3.00. The second-order valence-corrected chi connectivity index (χ2v) is 5.67. The van der Waals surface area contributed by atoms with E-state index in [9.17, 15) is 14.7 Å². The summed E-state index contributed by atoms with van der Waals surface area (Å²) in [6, 6.07) is 6.23. The van der Waals surface area contributed by atoms with E-state index in [4.69, 9.17) is 4.74 Å². The minimum absolute atomic E-state index is 0.324. The Kier molecular flexibility index (Phi) is 6.40. The number of hydrogen-bond donors (Lipinski definition) is 2. The van der Waals surface area contributed by atoms with Gasteiger partial charge in [0, 0.05) is 12.2 Å². The molecule has 0 aliphatic carbocycles. The van der Waals surface area contributed by atoms with Gasteiger partial charge >= 0.3 is 12.0 Å². The van der Waals surface area contributed by atoms with Gasteiger partial charge in [-0.15, -0.1) is 0 Å². The minimum atomic E-state index is -0.725. The van der Waals surface area contributed by atoms with Crippen molar-refractivity contribution in [1.29, 1.82) is 0 Å². The first kappa shape index (κ1) is 17.3. The van der Waals surface area contributed by atoms with Crippen LogP contribution in [0.15, 0.2) is 24.3 Å². The highest BCUT2D eigenvalue weighted by molar-refractivity contribution is 5.92. The van der Waals surface area contributed by atoms with Crippen LogP contribution in [0.5, 0.6) is 0 Å². The topological polar surface area (TPSA) is 78.9 Å². The van der Waals surface area contributed by atoms with E-state index in [-0.39, 0.29) is 12.0 Å². The zero-order valence-electron chi connectivity index (χ0n) is 13.5. The number of rotatable bonds is 5. The highest BCUT2D eigenvalue weighted by Crippen LogP contribution is 2.17. The number of nitrogens with zero attached hydrogens (tertiary/aromatic N) is 1. The molecule has 1 aromatic carbocycles. The van der Waals surface area contributed by atoms with Crippen LogP contribution in [0.3, 0.4) is 0 Å². The van der Waals surface area contributed by atoms with Crippen LogP contribution in [-0.2, 0) is 4.74 Å². The number of esters is 1. The smallest absolute Gasteiger partial charge is 0.338 e. The fourth-order valence-corrected chi connectivity index (χ4v) is 2.43. The van der Waals surface area contributed by atoms with Crippen LogP contribution in [0.2, 0.25) is 0 Å². The Labute approximate surface area is 136 Å². The Morgan fingerprint density at radius 2 is 2.04 bits per heavy atom.